The third kappa shape index (κ3) is 3.54. The average molecular weight is 470 g/mol. The number of ketones is 1. The third-order valence-corrected chi connectivity index (χ3v) is 8.27. The Hall–Kier alpha value is -3.54. The molecule has 1 heterocycles. The van der Waals surface area contributed by atoms with Crippen molar-refractivity contribution in [1.29, 1.82) is 0 Å². The van der Waals surface area contributed by atoms with Gasteiger partial charge in [0.25, 0.3) is 0 Å². The molecule has 2 aromatic carbocycles. The minimum atomic E-state index is -1.11. The zero-order chi connectivity index (χ0) is 24.3. The normalized spacial score (nSPS) is 31.5. The van der Waals surface area contributed by atoms with E-state index >= 15 is 0 Å². The maximum absolute atomic E-state index is 13.7. The van der Waals surface area contributed by atoms with E-state index in [0.717, 1.165) is 12.0 Å². The van der Waals surface area contributed by atoms with Gasteiger partial charge in [0.15, 0.2) is 6.10 Å². The molecule has 0 unspecified atom stereocenters. The van der Waals surface area contributed by atoms with Gasteiger partial charge in [-0.1, -0.05) is 72.8 Å². The number of carbonyl (C=O) groups is 4. The quantitative estimate of drug-likeness (QED) is 0.269. The van der Waals surface area contributed by atoms with Gasteiger partial charge in [0.1, 0.15) is 6.04 Å². The van der Waals surface area contributed by atoms with Crippen molar-refractivity contribution in [3.05, 3.63) is 83.9 Å². The summed E-state index contributed by atoms with van der Waals surface area (Å²) in [4.78, 5) is 54.8. The van der Waals surface area contributed by atoms with E-state index in [9.17, 15) is 19.2 Å². The molecular weight excluding hydrogens is 442 g/mol. The number of Topliss-reactive ketones (excluding diaryl/α,β-unsaturated/α-hetero) is 1. The van der Waals surface area contributed by atoms with Crippen LogP contribution in [-0.4, -0.2) is 40.6 Å². The number of allylic oxidation sites excluding steroid dienone is 2. The number of rotatable bonds is 7. The predicted molar refractivity (Wildman–Crippen MR) is 127 cm³/mol. The molecule has 2 amide bonds. The molecule has 7 rings (SSSR count). The SMILES string of the molecule is C[C@@H](OC(=O)[C@H](Cc1ccccc1)N1C(=O)[C@H]2[C@@H]3C=C[C@H]([C@H]4C[C@H]34)[C@@H]2C1=O)C(=O)c1ccccc1. The Morgan fingerprint density at radius 2 is 1.43 bits per heavy atom. The smallest absolute Gasteiger partial charge is 0.330 e. The van der Waals surface area contributed by atoms with E-state index in [1.165, 1.54) is 11.8 Å². The molecule has 0 spiro atoms. The lowest BCUT2D eigenvalue weighted by atomic mass is 9.63. The fraction of sp³-hybridized carbons (Fsp3) is 0.379. The lowest BCUT2D eigenvalue weighted by Gasteiger charge is -2.37. The molecule has 1 saturated heterocycles. The Balaban J connectivity index is 1.28. The summed E-state index contributed by atoms with van der Waals surface area (Å²) in [6.45, 7) is 1.53. The molecule has 0 radical (unpaired) electrons. The van der Waals surface area contributed by atoms with Gasteiger partial charge in [-0.15, -0.1) is 0 Å². The maximum atomic E-state index is 13.7. The summed E-state index contributed by atoms with van der Waals surface area (Å²) >= 11 is 0. The number of amides is 2. The van der Waals surface area contributed by atoms with E-state index < -0.39 is 30.0 Å². The Kier molecular flexibility index (Phi) is 5.20. The molecule has 2 aromatic rings. The Bertz CT molecular complexity index is 1190. The van der Waals surface area contributed by atoms with Crippen LogP contribution in [-0.2, 0) is 25.5 Å². The first kappa shape index (κ1) is 22.0. The molecule has 178 valence electrons. The van der Waals surface area contributed by atoms with Crippen molar-refractivity contribution < 1.29 is 23.9 Å². The lowest BCUT2D eigenvalue weighted by molar-refractivity contribution is -0.160. The van der Waals surface area contributed by atoms with Gasteiger partial charge in [-0.3, -0.25) is 19.3 Å². The average Bonchev–Trinajstić information content (AvgIpc) is 3.67. The first-order chi connectivity index (χ1) is 17.0. The highest BCUT2D eigenvalue weighted by molar-refractivity contribution is 6.09. The molecule has 2 saturated carbocycles. The Labute approximate surface area is 203 Å². The van der Waals surface area contributed by atoms with E-state index in [2.05, 4.69) is 12.2 Å². The topological polar surface area (TPSA) is 80.8 Å². The van der Waals surface area contributed by atoms with Gasteiger partial charge >= 0.3 is 5.97 Å². The summed E-state index contributed by atoms with van der Waals surface area (Å²) < 4.78 is 5.61. The fourth-order valence-corrected chi connectivity index (χ4v) is 6.55. The highest BCUT2D eigenvalue weighted by Gasteiger charge is 2.68. The van der Waals surface area contributed by atoms with Crippen LogP contribution in [0.1, 0.15) is 29.3 Å². The molecule has 5 aliphatic rings. The number of nitrogens with zero attached hydrogens (tertiary/aromatic N) is 1. The molecule has 35 heavy (non-hydrogen) atoms. The number of likely N-dealkylation sites (tertiary alicyclic amines) is 1. The van der Waals surface area contributed by atoms with Crippen LogP contribution in [0.2, 0.25) is 0 Å². The molecule has 0 aromatic heterocycles. The van der Waals surface area contributed by atoms with Crippen LogP contribution in [0.4, 0.5) is 0 Å². The minimum Gasteiger partial charge on any atom is -0.453 e. The van der Waals surface area contributed by atoms with E-state index in [-0.39, 0.29) is 35.9 Å². The first-order valence-electron chi connectivity index (χ1n) is 12.3. The van der Waals surface area contributed by atoms with Gasteiger partial charge in [0.2, 0.25) is 17.6 Å². The maximum Gasteiger partial charge on any atom is 0.330 e. The van der Waals surface area contributed by atoms with Crippen LogP contribution in [0.5, 0.6) is 0 Å². The number of carbonyl (C=O) groups excluding carboxylic acids is 4. The Morgan fingerprint density at radius 1 is 0.886 bits per heavy atom. The Morgan fingerprint density at radius 3 is 2.00 bits per heavy atom. The predicted octanol–water partition coefficient (Wildman–Crippen LogP) is 3.47. The molecule has 4 aliphatic carbocycles. The summed E-state index contributed by atoms with van der Waals surface area (Å²) in [7, 11) is 0. The molecular formula is C29H27NO5. The second-order valence-corrected chi connectivity index (χ2v) is 10.2. The third-order valence-electron chi connectivity index (χ3n) is 8.27. The van der Waals surface area contributed by atoms with Crippen molar-refractivity contribution in [3.63, 3.8) is 0 Å². The van der Waals surface area contributed by atoms with Gasteiger partial charge in [-0.05, 0) is 42.6 Å². The van der Waals surface area contributed by atoms with Gasteiger partial charge < -0.3 is 4.74 Å². The van der Waals surface area contributed by atoms with E-state index in [1.807, 2.05) is 30.3 Å². The zero-order valence-corrected chi connectivity index (χ0v) is 19.4. The zero-order valence-electron chi connectivity index (χ0n) is 19.4. The van der Waals surface area contributed by atoms with Crippen molar-refractivity contribution in [3.8, 4) is 0 Å². The number of hydrogen-bond donors (Lipinski definition) is 0. The van der Waals surface area contributed by atoms with Crippen molar-refractivity contribution >= 4 is 23.6 Å². The second kappa shape index (κ2) is 8.29. The van der Waals surface area contributed by atoms with Crippen LogP contribution in [0.15, 0.2) is 72.8 Å². The number of hydrogen-bond acceptors (Lipinski definition) is 5. The van der Waals surface area contributed by atoms with E-state index in [0.29, 0.717) is 17.4 Å². The van der Waals surface area contributed by atoms with Crippen molar-refractivity contribution in [2.45, 2.75) is 31.9 Å². The summed E-state index contributed by atoms with van der Waals surface area (Å²) in [5, 5.41) is 0. The standard InChI is InChI=1S/C29H27NO5/c1-16(26(31)18-10-6-3-7-11-18)35-29(34)23(14-17-8-4-2-5-9-17)30-27(32)24-19-12-13-20(22-15-21(19)22)25(24)28(30)33/h2-13,16,19-25H,14-15H2,1H3/t16-,19-,20-,21-,22-,23+,24+,25+/m1/s1. The summed E-state index contributed by atoms with van der Waals surface area (Å²) in [5.41, 5.74) is 1.25. The highest BCUT2D eigenvalue weighted by atomic mass is 16.5. The molecule has 0 N–H and O–H groups in total. The minimum absolute atomic E-state index is 0.0726. The molecule has 8 atom stereocenters. The molecule has 6 heteroatoms. The van der Waals surface area contributed by atoms with Gasteiger partial charge in [0.05, 0.1) is 11.8 Å². The van der Waals surface area contributed by atoms with Crippen LogP contribution in [0, 0.1) is 35.5 Å². The summed E-state index contributed by atoms with van der Waals surface area (Å²) in [6, 6.07) is 16.8. The monoisotopic (exact) mass is 469 g/mol. The highest BCUT2D eigenvalue weighted by Crippen LogP contribution is 2.65. The van der Waals surface area contributed by atoms with Crippen LogP contribution < -0.4 is 0 Å². The number of esters is 1. The van der Waals surface area contributed by atoms with Crippen LogP contribution >= 0.6 is 0 Å². The number of benzene rings is 2. The van der Waals surface area contributed by atoms with Crippen molar-refractivity contribution in [2.24, 2.45) is 35.5 Å². The fourth-order valence-electron chi connectivity index (χ4n) is 6.55. The van der Waals surface area contributed by atoms with E-state index in [1.54, 1.807) is 30.3 Å². The lowest BCUT2D eigenvalue weighted by Crippen LogP contribution is -2.49. The van der Waals surface area contributed by atoms with Crippen molar-refractivity contribution in [2.75, 3.05) is 0 Å². The van der Waals surface area contributed by atoms with Gasteiger partial charge in [-0.25, -0.2) is 4.79 Å². The molecule has 3 fully saturated rings. The summed E-state index contributed by atoms with van der Waals surface area (Å²) in [6.07, 6.45) is 4.41. The second-order valence-electron chi connectivity index (χ2n) is 10.2. The largest absolute Gasteiger partial charge is 0.453 e. The first-order valence-corrected chi connectivity index (χ1v) is 12.3. The van der Waals surface area contributed by atoms with Crippen LogP contribution in [0.25, 0.3) is 0 Å². The summed E-state index contributed by atoms with van der Waals surface area (Å²) in [5.74, 6) is -1.28. The van der Waals surface area contributed by atoms with Gasteiger partial charge in [0, 0.05) is 12.0 Å². The molecule has 1 aliphatic heterocycles. The van der Waals surface area contributed by atoms with Crippen LogP contribution in [0.3, 0.4) is 0 Å². The van der Waals surface area contributed by atoms with Gasteiger partial charge in [-0.2, -0.15) is 0 Å². The van der Waals surface area contributed by atoms with E-state index in [4.69, 9.17) is 4.74 Å². The number of ether oxygens (including phenoxy) is 1. The molecule has 6 nitrogen and oxygen atoms in total. The molecule has 2 bridgehead atoms. The van der Waals surface area contributed by atoms with Crippen molar-refractivity contribution in [1.82, 2.24) is 4.90 Å². The number of imide groups is 1.